The van der Waals surface area contributed by atoms with Crippen molar-refractivity contribution in [3.63, 3.8) is 0 Å². The summed E-state index contributed by atoms with van der Waals surface area (Å²) in [6.07, 6.45) is 1.44. The normalized spacial score (nSPS) is 14.3. The summed E-state index contributed by atoms with van der Waals surface area (Å²) in [5.41, 5.74) is 0.625. The molecule has 0 saturated carbocycles. The van der Waals surface area contributed by atoms with Gasteiger partial charge in [0.2, 0.25) is 5.88 Å². The maximum absolute atomic E-state index is 14.0. The molecule has 0 spiro atoms. The average molecular weight is 368 g/mol. The van der Waals surface area contributed by atoms with E-state index in [1.54, 1.807) is 30.3 Å². The maximum Gasteiger partial charge on any atom is 0.224 e. The number of ether oxygens (including phenoxy) is 1. The van der Waals surface area contributed by atoms with Crippen LogP contribution in [-0.4, -0.2) is 36.1 Å². The Labute approximate surface area is 155 Å². The zero-order valence-corrected chi connectivity index (χ0v) is 14.6. The van der Waals surface area contributed by atoms with E-state index in [1.165, 1.54) is 24.5 Å². The fourth-order valence-corrected chi connectivity index (χ4v) is 3.07. The van der Waals surface area contributed by atoms with E-state index >= 15 is 0 Å². The summed E-state index contributed by atoms with van der Waals surface area (Å²) in [6, 6.07) is 14.3. The van der Waals surface area contributed by atoms with Crippen LogP contribution >= 0.6 is 0 Å². The van der Waals surface area contributed by atoms with Crippen molar-refractivity contribution in [3.05, 3.63) is 72.6 Å². The van der Waals surface area contributed by atoms with Crippen molar-refractivity contribution in [1.82, 2.24) is 9.97 Å². The van der Waals surface area contributed by atoms with Crippen LogP contribution in [0.15, 0.2) is 60.9 Å². The van der Waals surface area contributed by atoms with Crippen molar-refractivity contribution >= 4 is 11.5 Å². The molecule has 5 nitrogen and oxygen atoms in total. The molecule has 0 unspecified atom stereocenters. The first kappa shape index (κ1) is 17.2. The van der Waals surface area contributed by atoms with E-state index in [0.717, 1.165) is 5.82 Å². The molecular formula is C20H18F2N4O. The molecule has 1 aliphatic heterocycles. The summed E-state index contributed by atoms with van der Waals surface area (Å²) in [6.45, 7) is 2.81. The predicted octanol–water partition coefficient (Wildman–Crippen LogP) is 3.87. The van der Waals surface area contributed by atoms with Gasteiger partial charge in [0.15, 0.2) is 0 Å². The van der Waals surface area contributed by atoms with Gasteiger partial charge in [-0.15, -0.1) is 0 Å². The molecule has 0 atom stereocenters. The smallest absolute Gasteiger partial charge is 0.224 e. The number of rotatable bonds is 4. The van der Waals surface area contributed by atoms with Crippen LogP contribution in [0.25, 0.3) is 0 Å². The summed E-state index contributed by atoms with van der Waals surface area (Å²) in [5.74, 6) is 1.12. The maximum atomic E-state index is 14.0. The molecular weight excluding hydrogens is 350 g/mol. The topological polar surface area (TPSA) is 41.5 Å². The lowest BCUT2D eigenvalue weighted by Gasteiger charge is -2.36. The molecule has 0 bridgehead atoms. The lowest BCUT2D eigenvalue weighted by atomic mass is 10.2. The van der Waals surface area contributed by atoms with E-state index < -0.39 is 0 Å². The zero-order valence-electron chi connectivity index (χ0n) is 14.6. The van der Waals surface area contributed by atoms with Crippen molar-refractivity contribution in [2.45, 2.75) is 0 Å². The number of halogens is 2. The van der Waals surface area contributed by atoms with Crippen molar-refractivity contribution in [2.75, 3.05) is 36.0 Å². The molecule has 4 rings (SSSR count). The molecule has 1 aromatic heterocycles. The second-order valence-corrected chi connectivity index (χ2v) is 6.20. The van der Waals surface area contributed by atoms with Gasteiger partial charge in [0.25, 0.3) is 0 Å². The number of hydrogen-bond donors (Lipinski definition) is 0. The van der Waals surface area contributed by atoms with Crippen LogP contribution in [0, 0.1) is 11.6 Å². The number of hydrogen-bond acceptors (Lipinski definition) is 5. The second-order valence-electron chi connectivity index (χ2n) is 6.20. The highest BCUT2D eigenvalue weighted by atomic mass is 19.1. The van der Waals surface area contributed by atoms with Gasteiger partial charge in [0, 0.05) is 32.2 Å². The van der Waals surface area contributed by atoms with Gasteiger partial charge in [-0.25, -0.2) is 18.7 Å². The fraction of sp³-hybridized carbons (Fsp3) is 0.200. The van der Waals surface area contributed by atoms with Gasteiger partial charge in [-0.1, -0.05) is 12.1 Å². The molecule has 1 fully saturated rings. The van der Waals surface area contributed by atoms with Crippen molar-refractivity contribution in [3.8, 4) is 11.6 Å². The van der Waals surface area contributed by atoms with E-state index in [9.17, 15) is 8.78 Å². The predicted molar refractivity (Wildman–Crippen MR) is 99.3 cm³/mol. The van der Waals surface area contributed by atoms with E-state index in [-0.39, 0.29) is 11.6 Å². The number of para-hydroxylation sites is 1. The Morgan fingerprint density at radius 1 is 0.815 bits per heavy atom. The molecule has 3 aromatic rings. The standard InChI is InChI=1S/C20H18F2N4O/c21-15-5-7-16(8-6-15)27-20-13-19(23-14-24-20)26-11-9-25(10-12-26)18-4-2-1-3-17(18)22/h1-8,13-14H,9-12H2. The third-order valence-corrected chi connectivity index (χ3v) is 4.46. The number of benzene rings is 2. The Balaban J connectivity index is 1.42. The summed E-state index contributed by atoms with van der Waals surface area (Å²) in [5, 5.41) is 0. The molecule has 1 saturated heterocycles. The third-order valence-electron chi connectivity index (χ3n) is 4.46. The lowest BCUT2D eigenvalue weighted by Crippen LogP contribution is -2.47. The minimum atomic E-state index is -0.321. The summed E-state index contributed by atoms with van der Waals surface area (Å²) >= 11 is 0. The fourth-order valence-electron chi connectivity index (χ4n) is 3.07. The van der Waals surface area contributed by atoms with Crippen LogP contribution < -0.4 is 14.5 Å². The Hall–Kier alpha value is -3.22. The third kappa shape index (κ3) is 3.97. The highest BCUT2D eigenvalue weighted by Gasteiger charge is 2.20. The van der Waals surface area contributed by atoms with Crippen molar-refractivity contribution < 1.29 is 13.5 Å². The Kier molecular flexibility index (Phi) is 4.82. The van der Waals surface area contributed by atoms with Gasteiger partial charge in [0.05, 0.1) is 5.69 Å². The number of aromatic nitrogens is 2. The van der Waals surface area contributed by atoms with Gasteiger partial charge in [-0.05, 0) is 36.4 Å². The van der Waals surface area contributed by atoms with Crippen LogP contribution in [-0.2, 0) is 0 Å². The summed E-state index contributed by atoms with van der Waals surface area (Å²) in [7, 11) is 0. The molecule has 138 valence electrons. The molecule has 2 aromatic carbocycles. The van der Waals surface area contributed by atoms with Crippen LogP contribution in [0.2, 0.25) is 0 Å². The first-order chi connectivity index (χ1) is 13.2. The first-order valence-corrected chi connectivity index (χ1v) is 8.69. The Morgan fingerprint density at radius 2 is 1.52 bits per heavy atom. The molecule has 0 amide bonds. The number of nitrogens with zero attached hydrogens (tertiary/aromatic N) is 4. The molecule has 7 heteroatoms. The molecule has 0 aliphatic carbocycles. The van der Waals surface area contributed by atoms with E-state index in [0.29, 0.717) is 43.5 Å². The average Bonchev–Trinajstić information content (AvgIpc) is 2.71. The quantitative estimate of drug-likeness (QED) is 0.699. The summed E-state index contributed by atoms with van der Waals surface area (Å²) in [4.78, 5) is 12.6. The number of anilines is 2. The van der Waals surface area contributed by atoms with Gasteiger partial charge >= 0.3 is 0 Å². The minimum absolute atomic E-state index is 0.206. The Morgan fingerprint density at radius 3 is 2.26 bits per heavy atom. The van der Waals surface area contributed by atoms with E-state index in [4.69, 9.17) is 4.74 Å². The van der Waals surface area contributed by atoms with Crippen LogP contribution in [0.3, 0.4) is 0 Å². The van der Waals surface area contributed by atoms with Gasteiger partial charge < -0.3 is 14.5 Å². The highest BCUT2D eigenvalue weighted by Crippen LogP contribution is 2.25. The van der Waals surface area contributed by atoms with Gasteiger partial charge in [-0.3, -0.25) is 0 Å². The van der Waals surface area contributed by atoms with Crippen LogP contribution in [0.1, 0.15) is 0 Å². The molecule has 2 heterocycles. The minimum Gasteiger partial charge on any atom is -0.439 e. The number of piperazine rings is 1. The monoisotopic (exact) mass is 368 g/mol. The zero-order chi connectivity index (χ0) is 18.6. The summed E-state index contributed by atoms with van der Waals surface area (Å²) < 4.78 is 32.6. The van der Waals surface area contributed by atoms with Gasteiger partial charge in [0.1, 0.15) is 29.5 Å². The van der Waals surface area contributed by atoms with Crippen molar-refractivity contribution in [2.24, 2.45) is 0 Å². The SMILES string of the molecule is Fc1ccc(Oc2cc(N3CCN(c4ccccc4F)CC3)ncn2)cc1. The first-order valence-electron chi connectivity index (χ1n) is 8.69. The van der Waals surface area contributed by atoms with Crippen LogP contribution in [0.5, 0.6) is 11.6 Å². The molecule has 1 aliphatic rings. The van der Waals surface area contributed by atoms with Crippen LogP contribution in [0.4, 0.5) is 20.3 Å². The largest absolute Gasteiger partial charge is 0.439 e. The molecule has 0 N–H and O–H groups in total. The van der Waals surface area contributed by atoms with E-state index in [2.05, 4.69) is 14.9 Å². The molecule has 0 radical (unpaired) electrons. The molecule has 27 heavy (non-hydrogen) atoms. The Bertz CT molecular complexity index is 912. The van der Waals surface area contributed by atoms with Gasteiger partial charge in [-0.2, -0.15) is 0 Å². The highest BCUT2D eigenvalue weighted by molar-refractivity contribution is 5.50. The lowest BCUT2D eigenvalue weighted by molar-refractivity contribution is 0.459. The van der Waals surface area contributed by atoms with Crippen molar-refractivity contribution in [1.29, 1.82) is 0 Å². The van der Waals surface area contributed by atoms with E-state index in [1.807, 2.05) is 11.0 Å². The second kappa shape index (κ2) is 7.57.